The van der Waals surface area contributed by atoms with E-state index >= 15 is 0 Å². The first-order valence-corrected chi connectivity index (χ1v) is 14.0. The van der Waals surface area contributed by atoms with Crippen LogP contribution in [0.5, 0.6) is 0 Å². The van der Waals surface area contributed by atoms with Crippen molar-refractivity contribution in [3.05, 3.63) is 41.5 Å². The molecule has 8 atom stereocenters. The first-order chi connectivity index (χ1) is 17.9. The number of nitrogens with zero attached hydrogens (tertiary/aromatic N) is 1. The summed E-state index contributed by atoms with van der Waals surface area (Å²) >= 11 is 0. The van der Waals surface area contributed by atoms with Crippen LogP contribution in [0.1, 0.15) is 76.6 Å². The van der Waals surface area contributed by atoms with Crippen LogP contribution in [0.4, 0.5) is 5.69 Å². The van der Waals surface area contributed by atoms with E-state index in [9.17, 15) is 29.4 Å². The standard InChI is InChI=1S/C31H37NO6/c1-16(2)20-15-31-13-10-21-29(3,11-5-12-30(21,4)28(37)38)22(31)14-19(20)23-24(31)26(34)32(25(23)33)18-8-6-17(7-9-18)27(35)36/h6-9,15-16,19,21-24H,5,10-14H2,1-4H3,(H,35,36)(H,37,38)/t19-,21+,22-,23-,24+,29+,30-,31+/m1/s1. The van der Waals surface area contributed by atoms with E-state index in [1.54, 1.807) is 12.1 Å². The summed E-state index contributed by atoms with van der Waals surface area (Å²) in [5, 5.41) is 19.6. The molecule has 202 valence electrons. The molecule has 0 unspecified atom stereocenters. The highest BCUT2D eigenvalue weighted by molar-refractivity contribution is 6.23. The molecule has 38 heavy (non-hydrogen) atoms. The van der Waals surface area contributed by atoms with Gasteiger partial charge in [-0.1, -0.05) is 38.8 Å². The van der Waals surface area contributed by atoms with Gasteiger partial charge in [0, 0.05) is 5.41 Å². The molecule has 2 N–H and O–H groups in total. The minimum Gasteiger partial charge on any atom is -0.481 e. The summed E-state index contributed by atoms with van der Waals surface area (Å²) in [7, 11) is 0. The van der Waals surface area contributed by atoms with Gasteiger partial charge in [0.1, 0.15) is 0 Å². The maximum absolute atomic E-state index is 14.3. The zero-order valence-electron chi connectivity index (χ0n) is 22.6. The van der Waals surface area contributed by atoms with Crippen molar-refractivity contribution >= 4 is 29.4 Å². The topological polar surface area (TPSA) is 112 Å². The number of imide groups is 1. The van der Waals surface area contributed by atoms with Crippen LogP contribution in [0.3, 0.4) is 0 Å². The van der Waals surface area contributed by atoms with Gasteiger partial charge in [-0.05, 0) is 92.4 Å². The lowest BCUT2D eigenvalue weighted by molar-refractivity contribution is -0.194. The van der Waals surface area contributed by atoms with Crippen LogP contribution in [0.15, 0.2) is 35.9 Å². The summed E-state index contributed by atoms with van der Waals surface area (Å²) in [5.41, 5.74) is 0.343. The van der Waals surface area contributed by atoms with Crippen molar-refractivity contribution in [1.82, 2.24) is 0 Å². The molecule has 5 aliphatic carbocycles. The maximum Gasteiger partial charge on any atom is 0.335 e. The molecule has 0 aromatic heterocycles. The zero-order chi connectivity index (χ0) is 27.4. The van der Waals surface area contributed by atoms with Gasteiger partial charge in [0.15, 0.2) is 0 Å². The first kappa shape index (κ1) is 25.3. The fraction of sp³-hybridized carbons (Fsp3) is 0.613. The summed E-state index contributed by atoms with van der Waals surface area (Å²) in [6.45, 7) is 8.51. The number of hydrogen-bond acceptors (Lipinski definition) is 4. The molecule has 2 amide bonds. The Morgan fingerprint density at radius 3 is 2.26 bits per heavy atom. The monoisotopic (exact) mass is 519 g/mol. The third-order valence-electron chi connectivity index (χ3n) is 11.5. The van der Waals surface area contributed by atoms with Crippen LogP contribution >= 0.6 is 0 Å². The molecule has 7 heteroatoms. The normalized spacial score (nSPS) is 41.4. The van der Waals surface area contributed by atoms with Crippen molar-refractivity contribution in [3.63, 3.8) is 0 Å². The van der Waals surface area contributed by atoms with Crippen molar-refractivity contribution in [2.75, 3.05) is 4.90 Å². The van der Waals surface area contributed by atoms with Crippen molar-refractivity contribution in [1.29, 1.82) is 0 Å². The number of allylic oxidation sites excluding steroid dienone is 2. The molecular weight excluding hydrogens is 482 g/mol. The highest BCUT2D eigenvalue weighted by Crippen LogP contribution is 2.74. The number of aromatic carboxylic acids is 1. The SMILES string of the molecule is CC(C)C1=C[C@@]23CC[C@H]4[C@](C)(CCC[C@@]4(C)C(=O)O)[C@H]2C[C@H]1[C@H]1C(=O)N(c2ccc(C(=O)O)cc2)C(=O)[C@H]13. The average molecular weight is 520 g/mol. The Labute approximate surface area is 223 Å². The van der Waals surface area contributed by atoms with Gasteiger partial charge in [-0.15, -0.1) is 0 Å². The predicted molar refractivity (Wildman–Crippen MR) is 140 cm³/mol. The van der Waals surface area contributed by atoms with E-state index in [0.29, 0.717) is 12.1 Å². The third-order valence-corrected chi connectivity index (χ3v) is 11.5. The summed E-state index contributed by atoms with van der Waals surface area (Å²) in [4.78, 5) is 53.5. The molecular formula is C31H37NO6. The molecule has 2 bridgehead atoms. The van der Waals surface area contributed by atoms with E-state index in [0.717, 1.165) is 32.1 Å². The molecule has 1 saturated heterocycles. The molecule has 3 saturated carbocycles. The van der Waals surface area contributed by atoms with Gasteiger partial charge in [0.2, 0.25) is 11.8 Å². The fourth-order valence-electron chi connectivity index (χ4n) is 9.97. The van der Waals surface area contributed by atoms with Crippen LogP contribution in [0.2, 0.25) is 0 Å². The second-order valence-electron chi connectivity index (χ2n) is 13.3. The number of aliphatic carboxylic acids is 1. The second kappa shape index (κ2) is 8.03. The quantitative estimate of drug-likeness (QED) is 0.407. The molecule has 1 aliphatic heterocycles. The number of carboxylic acid groups (broad SMARTS) is 2. The Bertz CT molecular complexity index is 1280. The first-order valence-electron chi connectivity index (χ1n) is 14.0. The largest absolute Gasteiger partial charge is 0.481 e. The predicted octanol–water partition coefficient (Wildman–Crippen LogP) is 5.40. The van der Waals surface area contributed by atoms with Gasteiger partial charge in [0.05, 0.1) is 28.5 Å². The molecule has 6 aliphatic rings. The maximum atomic E-state index is 14.3. The molecule has 1 heterocycles. The number of anilines is 1. The van der Waals surface area contributed by atoms with Crippen LogP contribution in [0, 0.1) is 51.8 Å². The zero-order valence-corrected chi connectivity index (χ0v) is 22.6. The van der Waals surface area contributed by atoms with Gasteiger partial charge in [-0.25, -0.2) is 4.79 Å². The molecule has 4 fully saturated rings. The molecule has 7 rings (SSSR count). The van der Waals surface area contributed by atoms with E-state index in [1.807, 2.05) is 6.92 Å². The number of benzene rings is 1. The minimum absolute atomic E-state index is 0.0393. The van der Waals surface area contributed by atoms with Gasteiger partial charge in [0.25, 0.3) is 0 Å². The number of amides is 2. The molecule has 1 aromatic rings. The second-order valence-corrected chi connectivity index (χ2v) is 13.3. The van der Waals surface area contributed by atoms with Gasteiger partial charge >= 0.3 is 11.9 Å². The van der Waals surface area contributed by atoms with E-state index in [1.165, 1.54) is 22.6 Å². The van der Waals surface area contributed by atoms with Crippen molar-refractivity contribution in [2.24, 2.45) is 51.8 Å². The molecule has 7 nitrogen and oxygen atoms in total. The number of rotatable bonds is 4. The lowest BCUT2D eigenvalue weighted by Crippen LogP contribution is -2.65. The number of hydrogen-bond donors (Lipinski definition) is 2. The van der Waals surface area contributed by atoms with E-state index in [-0.39, 0.29) is 46.5 Å². The van der Waals surface area contributed by atoms with Crippen molar-refractivity contribution in [3.8, 4) is 0 Å². The summed E-state index contributed by atoms with van der Waals surface area (Å²) in [6.07, 6.45) is 7.13. The smallest absolute Gasteiger partial charge is 0.335 e. The lowest BCUT2D eigenvalue weighted by atomic mass is 9.34. The van der Waals surface area contributed by atoms with E-state index < -0.39 is 34.6 Å². The van der Waals surface area contributed by atoms with Crippen LogP contribution in [-0.4, -0.2) is 34.0 Å². The van der Waals surface area contributed by atoms with Crippen LogP contribution in [-0.2, 0) is 14.4 Å². The van der Waals surface area contributed by atoms with Crippen LogP contribution < -0.4 is 4.90 Å². The molecule has 1 spiro atoms. The number of carbonyl (C=O) groups is 4. The minimum atomic E-state index is -1.05. The highest BCUT2D eigenvalue weighted by Gasteiger charge is 2.73. The van der Waals surface area contributed by atoms with E-state index in [2.05, 4.69) is 26.8 Å². The summed E-state index contributed by atoms with van der Waals surface area (Å²) in [6, 6.07) is 5.99. The summed E-state index contributed by atoms with van der Waals surface area (Å²) < 4.78 is 0. The Balaban J connectivity index is 1.46. The number of fused-ring (bicyclic) bond motifs is 1. The van der Waals surface area contributed by atoms with Crippen molar-refractivity contribution < 1.29 is 29.4 Å². The number of carbonyl (C=O) groups excluding carboxylic acids is 2. The fourth-order valence-corrected chi connectivity index (χ4v) is 9.97. The average Bonchev–Trinajstić information content (AvgIpc) is 3.15. The highest BCUT2D eigenvalue weighted by atomic mass is 16.4. The third kappa shape index (κ3) is 3.02. The Morgan fingerprint density at radius 1 is 0.974 bits per heavy atom. The molecule has 1 aromatic carbocycles. The Morgan fingerprint density at radius 2 is 1.66 bits per heavy atom. The van der Waals surface area contributed by atoms with Gasteiger partial charge in [-0.3, -0.25) is 19.3 Å². The summed E-state index contributed by atoms with van der Waals surface area (Å²) in [5.74, 6) is -2.62. The Hall–Kier alpha value is -2.96. The number of carboxylic acids is 2. The molecule has 0 radical (unpaired) electrons. The van der Waals surface area contributed by atoms with E-state index in [4.69, 9.17) is 0 Å². The van der Waals surface area contributed by atoms with Gasteiger partial charge in [-0.2, -0.15) is 0 Å². The van der Waals surface area contributed by atoms with Crippen LogP contribution in [0.25, 0.3) is 0 Å². The van der Waals surface area contributed by atoms with Gasteiger partial charge < -0.3 is 10.2 Å². The lowest BCUT2D eigenvalue weighted by Gasteiger charge is -2.68. The van der Waals surface area contributed by atoms with Crippen molar-refractivity contribution in [2.45, 2.75) is 66.2 Å². The Kier molecular flexibility index (Phi) is 5.35.